The van der Waals surface area contributed by atoms with Gasteiger partial charge in [0.05, 0.1) is 18.2 Å². The van der Waals surface area contributed by atoms with Gasteiger partial charge in [-0.15, -0.1) is 0 Å². The lowest BCUT2D eigenvalue weighted by Gasteiger charge is -2.14. The predicted molar refractivity (Wildman–Crippen MR) is 71.3 cm³/mol. The Morgan fingerprint density at radius 3 is 2.58 bits per heavy atom. The summed E-state index contributed by atoms with van der Waals surface area (Å²) in [5, 5.41) is 18.4. The number of nitrogens with zero attached hydrogens (tertiary/aromatic N) is 2. The van der Waals surface area contributed by atoms with Crippen molar-refractivity contribution < 1.29 is 9.84 Å². The molecular formula is C14H15N3O2. The van der Waals surface area contributed by atoms with Crippen LogP contribution in [0.25, 0.3) is 0 Å². The molecule has 0 fully saturated rings. The summed E-state index contributed by atoms with van der Waals surface area (Å²) < 4.78 is 7.20. The Bertz CT molecular complexity index is 529. The molecule has 0 aliphatic rings. The fourth-order valence-electron chi connectivity index (χ4n) is 1.53. The standard InChI is InChI=1S/C14H15N3O2/c15-9-12-3-5-14(6-4-12)19-11-13(18)10-16-17-7-1-2-8-17/h1-8,13,16,18H,10-11H2. The smallest absolute Gasteiger partial charge is 0.119 e. The fourth-order valence-corrected chi connectivity index (χ4v) is 1.53. The van der Waals surface area contributed by atoms with E-state index in [0.717, 1.165) is 0 Å². The number of aliphatic hydroxyl groups is 1. The molecule has 0 aliphatic heterocycles. The lowest BCUT2D eigenvalue weighted by atomic mass is 10.2. The molecule has 1 unspecified atom stereocenters. The largest absolute Gasteiger partial charge is 0.491 e. The molecule has 5 nitrogen and oxygen atoms in total. The van der Waals surface area contributed by atoms with Crippen LogP contribution >= 0.6 is 0 Å². The number of nitriles is 1. The first-order chi connectivity index (χ1) is 9.28. The second-order valence-corrected chi connectivity index (χ2v) is 4.05. The van der Waals surface area contributed by atoms with Crippen molar-refractivity contribution in [2.45, 2.75) is 6.10 Å². The van der Waals surface area contributed by atoms with Crippen LogP contribution in [0.3, 0.4) is 0 Å². The maximum atomic E-state index is 9.76. The normalized spacial score (nSPS) is 11.6. The first kappa shape index (κ1) is 13.0. The molecule has 1 heterocycles. The molecule has 1 atom stereocenters. The van der Waals surface area contributed by atoms with Crippen LogP contribution in [0.1, 0.15) is 5.56 Å². The van der Waals surface area contributed by atoms with Crippen LogP contribution < -0.4 is 10.2 Å². The van der Waals surface area contributed by atoms with Gasteiger partial charge in [0.2, 0.25) is 0 Å². The van der Waals surface area contributed by atoms with Crippen LogP contribution in [0.4, 0.5) is 0 Å². The first-order valence-electron chi connectivity index (χ1n) is 5.96. The van der Waals surface area contributed by atoms with Crippen molar-refractivity contribution in [3.05, 3.63) is 54.4 Å². The van der Waals surface area contributed by atoms with Crippen LogP contribution in [0.2, 0.25) is 0 Å². The van der Waals surface area contributed by atoms with E-state index in [0.29, 0.717) is 17.9 Å². The highest BCUT2D eigenvalue weighted by atomic mass is 16.5. The number of benzene rings is 1. The molecule has 0 radical (unpaired) electrons. The maximum Gasteiger partial charge on any atom is 0.119 e. The molecule has 0 saturated heterocycles. The zero-order chi connectivity index (χ0) is 13.5. The van der Waals surface area contributed by atoms with E-state index in [4.69, 9.17) is 10.00 Å². The lowest BCUT2D eigenvalue weighted by Crippen LogP contribution is -2.30. The third-order valence-electron chi connectivity index (χ3n) is 2.54. The van der Waals surface area contributed by atoms with E-state index in [1.54, 1.807) is 28.9 Å². The van der Waals surface area contributed by atoms with Gasteiger partial charge in [0, 0.05) is 12.4 Å². The minimum Gasteiger partial charge on any atom is -0.491 e. The van der Waals surface area contributed by atoms with Crippen molar-refractivity contribution in [3.63, 3.8) is 0 Å². The van der Waals surface area contributed by atoms with E-state index in [9.17, 15) is 5.11 Å². The minimum atomic E-state index is -0.613. The van der Waals surface area contributed by atoms with Gasteiger partial charge in [0.15, 0.2) is 0 Å². The third-order valence-corrected chi connectivity index (χ3v) is 2.54. The number of hydrogen-bond donors (Lipinski definition) is 2. The molecule has 19 heavy (non-hydrogen) atoms. The molecule has 0 spiro atoms. The Kier molecular flexibility index (Phi) is 4.43. The van der Waals surface area contributed by atoms with Gasteiger partial charge < -0.3 is 15.3 Å². The van der Waals surface area contributed by atoms with Crippen LogP contribution in [0.5, 0.6) is 5.75 Å². The molecular weight excluding hydrogens is 242 g/mol. The molecule has 2 N–H and O–H groups in total. The molecule has 0 aliphatic carbocycles. The van der Waals surface area contributed by atoms with Gasteiger partial charge in [0.25, 0.3) is 0 Å². The van der Waals surface area contributed by atoms with Crippen LogP contribution in [0, 0.1) is 11.3 Å². The van der Waals surface area contributed by atoms with E-state index < -0.39 is 6.10 Å². The lowest BCUT2D eigenvalue weighted by molar-refractivity contribution is 0.115. The summed E-state index contributed by atoms with van der Waals surface area (Å²) in [6.07, 6.45) is 3.10. The van der Waals surface area contributed by atoms with Gasteiger partial charge in [-0.05, 0) is 36.4 Å². The Morgan fingerprint density at radius 1 is 1.26 bits per heavy atom. The van der Waals surface area contributed by atoms with E-state index in [1.165, 1.54) is 0 Å². The Morgan fingerprint density at radius 2 is 1.95 bits per heavy atom. The fraction of sp³-hybridized carbons (Fsp3) is 0.214. The number of aliphatic hydroxyl groups excluding tert-OH is 1. The predicted octanol–water partition coefficient (Wildman–Crippen LogP) is 1.34. The molecule has 2 rings (SSSR count). The van der Waals surface area contributed by atoms with Gasteiger partial charge in [-0.1, -0.05) is 0 Å². The van der Waals surface area contributed by atoms with Gasteiger partial charge in [-0.2, -0.15) is 5.26 Å². The quantitative estimate of drug-likeness (QED) is 0.819. The number of nitrogens with one attached hydrogen (secondary N) is 1. The highest BCUT2D eigenvalue weighted by Crippen LogP contribution is 2.11. The van der Waals surface area contributed by atoms with Crippen molar-refractivity contribution in [3.8, 4) is 11.8 Å². The van der Waals surface area contributed by atoms with E-state index in [-0.39, 0.29) is 6.61 Å². The first-order valence-corrected chi connectivity index (χ1v) is 5.96. The number of ether oxygens (including phenoxy) is 1. The Labute approximate surface area is 111 Å². The van der Waals surface area contributed by atoms with Crippen molar-refractivity contribution in [2.24, 2.45) is 0 Å². The monoisotopic (exact) mass is 257 g/mol. The molecule has 1 aromatic heterocycles. The van der Waals surface area contributed by atoms with Crippen molar-refractivity contribution in [2.75, 3.05) is 18.6 Å². The SMILES string of the molecule is N#Cc1ccc(OCC(O)CNn2cccc2)cc1. The maximum absolute atomic E-state index is 9.76. The molecule has 5 heteroatoms. The van der Waals surface area contributed by atoms with Crippen molar-refractivity contribution in [1.82, 2.24) is 4.68 Å². The Balaban J connectivity index is 1.73. The van der Waals surface area contributed by atoms with Crippen LogP contribution in [-0.4, -0.2) is 29.0 Å². The number of rotatable bonds is 6. The average Bonchev–Trinajstić information content (AvgIpc) is 2.96. The number of hydrogen-bond acceptors (Lipinski definition) is 4. The van der Waals surface area contributed by atoms with Gasteiger partial charge >= 0.3 is 0 Å². The summed E-state index contributed by atoms with van der Waals surface area (Å²) in [7, 11) is 0. The topological polar surface area (TPSA) is 70.2 Å². The molecule has 0 amide bonds. The van der Waals surface area contributed by atoms with E-state index in [1.807, 2.05) is 30.6 Å². The molecule has 0 saturated carbocycles. The van der Waals surface area contributed by atoms with Crippen LogP contribution in [0.15, 0.2) is 48.8 Å². The van der Waals surface area contributed by atoms with Gasteiger partial charge in [0.1, 0.15) is 18.5 Å². The van der Waals surface area contributed by atoms with E-state index in [2.05, 4.69) is 5.43 Å². The van der Waals surface area contributed by atoms with Gasteiger partial charge in [-0.3, -0.25) is 4.68 Å². The third kappa shape index (κ3) is 4.05. The summed E-state index contributed by atoms with van der Waals surface area (Å²) in [6, 6.07) is 12.6. The highest BCUT2D eigenvalue weighted by molar-refractivity contribution is 5.34. The second kappa shape index (κ2) is 6.47. The second-order valence-electron chi connectivity index (χ2n) is 4.05. The zero-order valence-corrected chi connectivity index (χ0v) is 10.4. The zero-order valence-electron chi connectivity index (χ0n) is 10.4. The number of aromatic nitrogens is 1. The van der Waals surface area contributed by atoms with Crippen molar-refractivity contribution >= 4 is 0 Å². The summed E-state index contributed by atoms with van der Waals surface area (Å²) in [5.74, 6) is 0.638. The van der Waals surface area contributed by atoms with E-state index >= 15 is 0 Å². The van der Waals surface area contributed by atoms with Gasteiger partial charge in [-0.25, -0.2) is 0 Å². The summed E-state index contributed by atoms with van der Waals surface area (Å²) in [6.45, 7) is 0.588. The summed E-state index contributed by atoms with van der Waals surface area (Å²) >= 11 is 0. The highest BCUT2D eigenvalue weighted by Gasteiger charge is 2.05. The minimum absolute atomic E-state index is 0.195. The summed E-state index contributed by atoms with van der Waals surface area (Å²) in [4.78, 5) is 0. The Hall–Kier alpha value is -2.45. The van der Waals surface area contributed by atoms with Crippen molar-refractivity contribution in [1.29, 1.82) is 5.26 Å². The molecule has 98 valence electrons. The molecule has 0 bridgehead atoms. The summed E-state index contributed by atoms with van der Waals surface area (Å²) in [5.41, 5.74) is 3.61. The average molecular weight is 257 g/mol. The van der Waals surface area contributed by atoms with Crippen LogP contribution in [-0.2, 0) is 0 Å². The molecule has 1 aromatic carbocycles. The molecule has 2 aromatic rings.